The fraction of sp³-hybridized carbons (Fsp3) is 0.158. The van der Waals surface area contributed by atoms with Crippen LogP contribution in [0.5, 0.6) is 0 Å². The molecule has 0 aromatic heterocycles. The van der Waals surface area contributed by atoms with Gasteiger partial charge in [0.05, 0.1) is 11.1 Å². The first-order valence-corrected chi connectivity index (χ1v) is 8.61. The van der Waals surface area contributed by atoms with Crippen LogP contribution in [0.15, 0.2) is 53.0 Å². The van der Waals surface area contributed by atoms with E-state index in [4.69, 9.17) is 4.74 Å². The van der Waals surface area contributed by atoms with Gasteiger partial charge in [-0.05, 0) is 31.2 Å². The van der Waals surface area contributed by atoms with E-state index < -0.39 is 30.4 Å². The summed E-state index contributed by atoms with van der Waals surface area (Å²) in [5.41, 5.74) is 0.903. The molecular formula is C19H14BrNO5. The molecule has 0 bridgehead atoms. The molecule has 1 aliphatic rings. The van der Waals surface area contributed by atoms with Crippen LogP contribution in [-0.2, 0) is 9.53 Å². The van der Waals surface area contributed by atoms with E-state index in [2.05, 4.69) is 15.9 Å². The second-order valence-corrected chi connectivity index (χ2v) is 6.66. The number of benzene rings is 2. The van der Waals surface area contributed by atoms with Crippen molar-refractivity contribution < 1.29 is 23.9 Å². The molecule has 2 amide bonds. The Bertz CT molecular complexity index is 871. The highest BCUT2D eigenvalue weighted by Crippen LogP contribution is 2.24. The van der Waals surface area contributed by atoms with Gasteiger partial charge < -0.3 is 4.74 Å². The highest BCUT2D eigenvalue weighted by atomic mass is 79.9. The Morgan fingerprint density at radius 3 is 2.08 bits per heavy atom. The van der Waals surface area contributed by atoms with Crippen molar-refractivity contribution in [2.45, 2.75) is 13.0 Å². The maximum atomic E-state index is 12.4. The number of Topliss-reactive ketones (excluding diaryl/α,β-unsaturated/α-hetero) is 1. The maximum absolute atomic E-state index is 12.4. The number of ketones is 1. The van der Waals surface area contributed by atoms with Crippen molar-refractivity contribution in [3.05, 3.63) is 69.7 Å². The lowest BCUT2D eigenvalue weighted by atomic mass is 10.1. The smallest absolute Gasteiger partial charge is 0.329 e. The number of carbonyl (C=O) groups excluding carboxylic acids is 4. The molecule has 0 spiro atoms. The first-order chi connectivity index (χ1) is 12.4. The summed E-state index contributed by atoms with van der Waals surface area (Å²) in [7, 11) is 0. The monoisotopic (exact) mass is 415 g/mol. The fourth-order valence-corrected chi connectivity index (χ4v) is 2.91. The zero-order chi connectivity index (χ0) is 18.8. The number of hydrogen-bond donors (Lipinski definition) is 0. The van der Waals surface area contributed by atoms with Crippen molar-refractivity contribution in [2.24, 2.45) is 0 Å². The van der Waals surface area contributed by atoms with E-state index in [-0.39, 0.29) is 16.9 Å². The lowest BCUT2D eigenvalue weighted by Gasteiger charge is -2.20. The summed E-state index contributed by atoms with van der Waals surface area (Å²) in [4.78, 5) is 49.9. The molecule has 2 aromatic rings. The topological polar surface area (TPSA) is 80.8 Å². The molecular weight excluding hydrogens is 402 g/mol. The quantitative estimate of drug-likeness (QED) is 0.426. The van der Waals surface area contributed by atoms with Gasteiger partial charge in [0, 0.05) is 10.0 Å². The number of ether oxygens (including phenoxy) is 1. The fourth-order valence-electron chi connectivity index (χ4n) is 2.64. The van der Waals surface area contributed by atoms with Gasteiger partial charge >= 0.3 is 5.97 Å². The Morgan fingerprint density at radius 1 is 1.00 bits per heavy atom. The Balaban J connectivity index is 1.65. The third-order valence-corrected chi connectivity index (χ3v) is 4.59. The van der Waals surface area contributed by atoms with Crippen molar-refractivity contribution in [1.82, 2.24) is 4.90 Å². The molecule has 0 N–H and O–H groups in total. The minimum atomic E-state index is -1.12. The predicted octanol–water partition coefficient (Wildman–Crippen LogP) is 2.86. The van der Waals surface area contributed by atoms with Gasteiger partial charge in [0.1, 0.15) is 6.04 Å². The van der Waals surface area contributed by atoms with Crippen molar-refractivity contribution in [3.8, 4) is 0 Å². The maximum Gasteiger partial charge on any atom is 0.329 e. The number of nitrogens with zero attached hydrogens (tertiary/aromatic N) is 1. The van der Waals surface area contributed by atoms with E-state index >= 15 is 0 Å². The Labute approximate surface area is 157 Å². The van der Waals surface area contributed by atoms with Crippen LogP contribution in [0.3, 0.4) is 0 Å². The lowest BCUT2D eigenvalue weighted by Crippen LogP contribution is -2.44. The molecule has 7 heteroatoms. The molecule has 26 heavy (non-hydrogen) atoms. The van der Waals surface area contributed by atoms with E-state index in [1.165, 1.54) is 19.1 Å². The van der Waals surface area contributed by atoms with Gasteiger partial charge in [-0.1, -0.05) is 40.2 Å². The molecule has 0 fully saturated rings. The number of imide groups is 1. The number of amides is 2. The van der Waals surface area contributed by atoms with Crippen molar-refractivity contribution in [2.75, 3.05) is 6.61 Å². The van der Waals surface area contributed by atoms with E-state index in [1.807, 2.05) is 0 Å². The standard InChI is InChI=1S/C19H14BrNO5/c1-11(21-17(23)14-4-2-3-5-15(14)18(21)24)19(25)26-10-16(22)12-6-8-13(20)9-7-12/h2-9,11H,10H2,1H3/t11-/m0/s1. The largest absolute Gasteiger partial charge is 0.456 e. The van der Waals surface area contributed by atoms with Crippen molar-refractivity contribution in [1.29, 1.82) is 0 Å². The number of rotatable bonds is 5. The molecule has 0 saturated carbocycles. The minimum absolute atomic E-state index is 0.253. The van der Waals surface area contributed by atoms with Crippen LogP contribution in [0.25, 0.3) is 0 Å². The molecule has 132 valence electrons. The number of hydrogen-bond acceptors (Lipinski definition) is 5. The van der Waals surface area contributed by atoms with Gasteiger partial charge in [0.2, 0.25) is 0 Å². The van der Waals surface area contributed by atoms with Crippen molar-refractivity contribution >= 4 is 39.5 Å². The van der Waals surface area contributed by atoms with Gasteiger partial charge in [-0.25, -0.2) is 4.79 Å². The molecule has 2 aromatic carbocycles. The first kappa shape index (κ1) is 18.0. The van der Waals surface area contributed by atoms with Crippen LogP contribution in [0.1, 0.15) is 38.0 Å². The first-order valence-electron chi connectivity index (χ1n) is 7.82. The molecule has 3 rings (SSSR count). The Morgan fingerprint density at radius 2 is 1.54 bits per heavy atom. The van der Waals surface area contributed by atoms with Gasteiger partial charge in [-0.2, -0.15) is 0 Å². The molecule has 1 atom stereocenters. The van der Waals surface area contributed by atoms with Gasteiger partial charge in [0.25, 0.3) is 11.8 Å². The third-order valence-electron chi connectivity index (χ3n) is 4.07. The molecule has 6 nitrogen and oxygen atoms in total. The van der Waals surface area contributed by atoms with Crippen LogP contribution in [0, 0.1) is 0 Å². The predicted molar refractivity (Wildman–Crippen MR) is 95.8 cm³/mol. The van der Waals surface area contributed by atoms with Crippen LogP contribution in [0.4, 0.5) is 0 Å². The van der Waals surface area contributed by atoms with Crippen LogP contribution >= 0.6 is 15.9 Å². The summed E-state index contributed by atoms with van der Waals surface area (Å²) in [5.74, 6) is -2.28. The summed E-state index contributed by atoms with van der Waals surface area (Å²) in [5, 5.41) is 0. The number of halogens is 1. The van der Waals surface area contributed by atoms with E-state index in [1.54, 1.807) is 36.4 Å². The molecule has 0 radical (unpaired) electrons. The van der Waals surface area contributed by atoms with Gasteiger partial charge in [0.15, 0.2) is 12.4 Å². The number of fused-ring (bicyclic) bond motifs is 1. The Kier molecular flexibility index (Phi) is 4.99. The zero-order valence-electron chi connectivity index (χ0n) is 13.8. The van der Waals surface area contributed by atoms with Crippen LogP contribution in [0.2, 0.25) is 0 Å². The molecule has 0 saturated heterocycles. The normalized spacial score (nSPS) is 14.2. The van der Waals surface area contributed by atoms with Crippen LogP contribution in [-0.4, -0.2) is 41.1 Å². The van der Waals surface area contributed by atoms with Gasteiger partial charge in [-0.15, -0.1) is 0 Å². The summed E-state index contributed by atoms with van der Waals surface area (Å²) in [6.07, 6.45) is 0. The van der Waals surface area contributed by atoms with E-state index in [9.17, 15) is 19.2 Å². The molecule has 1 heterocycles. The second kappa shape index (κ2) is 7.21. The number of esters is 1. The lowest BCUT2D eigenvalue weighted by molar-refractivity contribution is -0.146. The number of carbonyl (C=O) groups is 4. The molecule has 1 aliphatic heterocycles. The summed E-state index contributed by atoms with van der Waals surface area (Å²) < 4.78 is 5.84. The van der Waals surface area contributed by atoms with E-state index in [0.717, 1.165) is 9.37 Å². The Hall–Kier alpha value is -2.80. The summed E-state index contributed by atoms with van der Waals surface area (Å²) in [6, 6.07) is 11.9. The molecule has 0 aliphatic carbocycles. The minimum Gasteiger partial charge on any atom is -0.456 e. The van der Waals surface area contributed by atoms with Crippen LogP contribution < -0.4 is 0 Å². The van der Waals surface area contributed by atoms with E-state index in [0.29, 0.717) is 5.56 Å². The highest BCUT2D eigenvalue weighted by molar-refractivity contribution is 9.10. The summed E-state index contributed by atoms with van der Waals surface area (Å²) in [6.45, 7) is 0.933. The van der Waals surface area contributed by atoms with Gasteiger partial charge in [-0.3, -0.25) is 19.3 Å². The molecule has 0 unspecified atom stereocenters. The average Bonchev–Trinajstić information content (AvgIpc) is 2.90. The van der Waals surface area contributed by atoms with Crippen molar-refractivity contribution in [3.63, 3.8) is 0 Å². The average molecular weight is 416 g/mol. The highest BCUT2D eigenvalue weighted by Gasteiger charge is 2.41. The summed E-state index contributed by atoms with van der Waals surface area (Å²) >= 11 is 3.27. The SMILES string of the molecule is C[C@@H](C(=O)OCC(=O)c1ccc(Br)cc1)N1C(=O)c2ccccc2C1=O. The third kappa shape index (κ3) is 3.30. The second-order valence-electron chi connectivity index (χ2n) is 5.74. The zero-order valence-corrected chi connectivity index (χ0v) is 15.4.